The van der Waals surface area contributed by atoms with E-state index in [2.05, 4.69) is 10.2 Å². The first-order valence-corrected chi connectivity index (χ1v) is 6.97. The number of nitro groups is 1. The number of aliphatic hydroxyl groups is 1. The van der Waals surface area contributed by atoms with E-state index in [-0.39, 0.29) is 22.6 Å². The van der Waals surface area contributed by atoms with Gasteiger partial charge >= 0.3 is 0 Å². The lowest BCUT2D eigenvalue weighted by molar-refractivity contribution is -0.384. The molecule has 0 amide bonds. The second-order valence-electron chi connectivity index (χ2n) is 5.26. The molecule has 0 aromatic heterocycles. The zero-order valence-corrected chi connectivity index (χ0v) is 11.9. The number of nitro benzene ring substituents is 1. The van der Waals surface area contributed by atoms with Gasteiger partial charge in [-0.3, -0.25) is 10.1 Å². The van der Waals surface area contributed by atoms with Crippen LogP contribution in [0.3, 0.4) is 0 Å². The second kappa shape index (κ2) is 6.09. The smallest absolute Gasteiger partial charge is 0.273 e. The Morgan fingerprint density at radius 3 is 2.85 bits per heavy atom. The molecule has 1 aliphatic heterocycles. The van der Waals surface area contributed by atoms with Gasteiger partial charge in [-0.05, 0) is 26.3 Å². The third kappa shape index (κ3) is 3.19. The van der Waals surface area contributed by atoms with E-state index in [1.54, 1.807) is 19.1 Å². The van der Waals surface area contributed by atoms with E-state index in [0.717, 1.165) is 37.4 Å². The Morgan fingerprint density at radius 2 is 2.30 bits per heavy atom. The second-order valence-corrected chi connectivity index (χ2v) is 5.26. The van der Waals surface area contributed by atoms with E-state index >= 15 is 0 Å². The molecule has 0 saturated carbocycles. The highest BCUT2D eigenvalue weighted by atomic mass is 16.6. The molecule has 6 heteroatoms. The molecule has 2 atom stereocenters. The Hall–Kier alpha value is -1.82. The number of hydrogen-bond acceptors (Lipinski definition) is 5. The van der Waals surface area contributed by atoms with E-state index in [1.165, 1.54) is 0 Å². The molecule has 1 aliphatic rings. The van der Waals surface area contributed by atoms with Crippen LogP contribution in [-0.2, 0) is 0 Å². The predicted molar refractivity (Wildman–Crippen MR) is 79.3 cm³/mol. The van der Waals surface area contributed by atoms with E-state index < -0.39 is 0 Å². The highest BCUT2D eigenvalue weighted by molar-refractivity contribution is 5.64. The van der Waals surface area contributed by atoms with Gasteiger partial charge in [0.05, 0.1) is 11.0 Å². The number of non-ortho nitro benzene ring substituents is 1. The third-order valence-corrected chi connectivity index (χ3v) is 3.77. The van der Waals surface area contributed by atoms with Crippen molar-refractivity contribution in [1.29, 1.82) is 0 Å². The summed E-state index contributed by atoms with van der Waals surface area (Å²) in [6, 6.07) is 5.08. The SMILES string of the molecule is CCNc1cc(N2CCC(C(C)O)C2)cc([N+](=O)[O-])c1. The minimum atomic E-state index is -0.368. The van der Waals surface area contributed by atoms with E-state index in [1.807, 2.05) is 13.0 Å². The van der Waals surface area contributed by atoms with Crippen molar-refractivity contribution in [1.82, 2.24) is 0 Å². The van der Waals surface area contributed by atoms with E-state index in [4.69, 9.17) is 0 Å². The number of nitrogens with zero attached hydrogens (tertiary/aromatic N) is 2. The summed E-state index contributed by atoms with van der Waals surface area (Å²) in [5.41, 5.74) is 1.70. The molecule has 1 aromatic rings. The number of aliphatic hydroxyl groups excluding tert-OH is 1. The normalized spacial score (nSPS) is 19.9. The molecule has 1 heterocycles. The molecule has 0 aliphatic carbocycles. The summed E-state index contributed by atoms with van der Waals surface area (Å²) in [4.78, 5) is 12.8. The fourth-order valence-corrected chi connectivity index (χ4v) is 2.60. The average molecular weight is 279 g/mol. The van der Waals surface area contributed by atoms with Crippen LogP contribution in [0.25, 0.3) is 0 Å². The van der Waals surface area contributed by atoms with Gasteiger partial charge in [-0.25, -0.2) is 0 Å². The summed E-state index contributed by atoms with van der Waals surface area (Å²) in [5, 5.41) is 23.8. The van der Waals surface area contributed by atoms with Gasteiger partial charge in [-0.15, -0.1) is 0 Å². The monoisotopic (exact) mass is 279 g/mol. The quantitative estimate of drug-likeness (QED) is 0.638. The summed E-state index contributed by atoms with van der Waals surface area (Å²) < 4.78 is 0. The highest BCUT2D eigenvalue weighted by Gasteiger charge is 2.27. The van der Waals surface area contributed by atoms with Gasteiger partial charge in [0.2, 0.25) is 0 Å². The largest absolute Gasteiger partial charge is 0.393 e. The van der Waals surface area contributed by atoms with Crippen molar-refractivity contribution in [2.45, 2.75) is 26.4 Å². The maximum Gasteiger partial charge on any atom is 0.273 e. The molecule has 6 nitrogen and oxygen atoms in total. The van der Waals surface area contributed by atoms with Crippen LogP contribution in [-0.4, -0.2) is 35.8 Å². The number of hydrogen-bond donors (Lipinski definition) is 2. The van der Waals surface area contributed by atoms with Crippen molar-refractivity contribution in [2.75, 3.05) is 29.9 Å². The first-order valence-electron chi connectivity index (χ1n) is 6.97. The fraction of sp³-hybridized carbons (Fsp3) is 0.571. The Bertz CT molecular complexity index is 491. The summed E-state index contributed by atoms with van der Waals surface area (Å²) in [7, 11) is 0. The van der Waals surface area contributed by atoms with Crippen LogP contribution in [0.15, 0.2) is 18.2 Å². The average Bonchev–Trinajstić information content (AvgIpc) is 2.88. The van der Waals surface area contributed by atoms with Gasteiger partial charge in [0.15, 0.2) is 0 Å². The van der Waals surface area contributed by atoms with Gasteiger partial charge in [-0.2, -0.15) is 0 Å². The fourth-order valence-electron chi connectivity index (χ4n) is 2.60. The van der Waals surface area contributed by atoms with Crippen LogP contribution >= 0.6 is 0 Å². The first-order chi connectivity index (χ1) is 9.51. The van der Waals surface area contributed by atoms with Crippen LogP contribution in [0.4, 0.5) is 17.1 Å². The molecule has 2 unspecified atom stereocenters. The Labute approximate surface area is 118 Å². The lowest BCUT2D eigenvalue weighted by Gasteiger charge is -2.20. The molecular weight excluding hydrogens is 258 g/mol. The van der Waals surface area contributed by atoms with Gasteiger partial charge in [0.1, 0.15) is 0 Å². The molecule has 1 fully saturated rings. The molecule has 1 saturated heterocycles. The number of anilines is 2. The van der Waals surface area contributed by atoms with Crippen LogP contribution in [0.5, 0.6) is 0 Å². The molecule has 2 N–H and O–H groups in total. The number of benzene rings is 1. The Kier molecular flexibility index (Phi) is 4.44. The van der Waals surface area contributed by atoms with Crippen LogP contribution in [0.2, 0.25) is 0 Å². The standard InChI is InChI=1S/C14H21N3O3/c1-3-15-12-6-13(8-14(7-12)17(19)20)16-5-4-11(9-16)10(2)18/h6-8,10-11,15,18H,3-5,9H2,1-2H3. The van der Waals surface area contributed by atoms with Gasteiger partial charge in [0, 0.05) is 49.1 Å². The third-order valence-electron chi connectivity index (χ3n) is 3.77. The first kappa shape index (κ1) is 14.6. The van der Waals surface area contributed by atoms with Crippen LogP contribution < -0.4 is 10.2 Å². The summed E-state index contributed by atoms with van der Waals surface area (Å²) >= 11 is 0. The number of nitrogens with one attached hydrogen (secondary N) is 1. The van der Waals surface area contributed by atoms with Crippen molar-refractivity contribution in [3.63, 3.8) is 0 Å². The molecule has 1 aromatic carbocycles. The zero-order valence-electron chi connectivity index (χ0n) is 11.9. The summed E-state index contributed by atoms with van der Waals surface area (Å²) in [5.74, 6) is 0.233. The maximum atomic E-state index is 11.0. The molecular formula is C14H21N3O3. The lowest BCUT2D eigenvalue weighted by Crippen LogP contribution is -2.24. The van der Waals surface area contributed by atoms with Crippen molar-refractivity contribution >= 4 is 17.1 Å². The van der Waals surface area contributed by atoms with Crippen molar-refractivity contribution < 1.29 is 10.0 Å². The Balaban J connectivity index is 2.24. The maximum absolute atomic E-state index is 11.0. The van der Waals surface area contributed by atoms with E-state index in [9.17, 15) is 15.2 Å². The lowest BCUT2D eigenvalue weighted by atomic mass is 10.0. The topological polar surface area (TPSA) is 78.6 Å². The van der Waals surface area contributed by atoms with E-state index in [0.29, 0.717) is 0 Å². The predicted octanol–water partition coefficient (Wildman–Crippen LogP) is 2.23. The van der Waals surface area contributed by atoms with Crippen LogP contribution in [0.1, 0.15) is 20.3 Å². The molecule has 0 bridgehead atoms. The Morgan fingerprint density at radius 1 is 1.55 bits per heavy atom. The van der Waals surface area contributed by atoms with Crippen molar-refractivity contribution in [2.24, 2.45) is 5.92 Å². The molecule has 0 spiro atoms. The van der Waals surface area contributed by atoms with Crippen molar-refractivity contribution in [3.05, 3.63) is 28.3 Å². The van der Waals surface area contributed by atoms with Crippen molar-refractivity contribution in [3.8, 4) is 0 Å². The molecule has 110 valence electrons. The minimum absolute atomic E-state index is 0.0962. The van der Waals surface area contributed by atoms with Gasteiger partial charge < -0.3 is 15.3 Å². The molecule has 20 heavy (non-hydrogen) atoms. The summed E-state index contributed by atoms with van der Waals surface area (Å²) in [6.07, 6.45) is 0.573. The minimum Gasteiger partial charge on any atom is -0.393 e. The molecule has 2 rings (SSSR count). The zero-order chi connectivity index (χ0) is 14.7. The van der Waals surface area contributed by atoms with Gasteiger partial charge in [0.25, 0.3) is 5.69 Å². The van der Waals surface area contributed by atoms with Gasteiger partial charge in [-0.1, -0.05) is 0 Å². The number of rotatable bonds is 5. The highest BCUT2D eigenvalue weighted by Crippen LogP contribution is 2.31. The summed E-state index contributed by atoms with van der Waals surface area (Å²) in [6.45, 7) is 6.03. The molecule has 0 radical (unpaired) electrons. The van der Waals surface area contributed by atoms with Crippen LogP contribution in [0, 0.1) is 16.0 Å².